The molecule has 2 N–H and O–H groups in total. The van der Waals surface area contributed by atoms with E-state index in [0.29, 0.717) is 23.3 Å². The quantitative estimate of drug-likeness (QED) is 0.367. The Balaban J connectivity index is 1.68. The van der Waals surface area contributed by atoms with Gasteiger partial charge in [-0.1, -0.05) is 93.1 Å². The van der Waals surface area contributed by atoms with Crippen molar-refractivity contribution in [2.75, 3.05) is 0 Å². The van der Waals surface area contributed by atoms with Crippen LogP contribution in [0.4, 0.5) is 0 Å². The predicted octanol–water partition coefficient (Wildman–Crippen LogP) is 8.99. The molecule has 5 rings (SSSR count). The summed E-state index contributed by atoms with van der Waals surface area (Å²) in [6.45, 7) is 4.05. The molecule has 2 heteroatoms. The number of benzene rings is 3. The fourth-order valence-corrected chi connectivity index (χ4v) is 6.63. The molecule has 0 aliphatic heterocycles. The van der Waals surface area contributed by atoms with Crippen molar-refractivity contribution in [3.8, 4) is 11.5 Å². The van der Waals surface area contributed by atoms with E-state index in [1.807, 2.05) is 19.9 Å². The molecule has 2 fully saturated rings. The summed E-state index contributed by atoms with van der Waals surface area (Å²) in [4.78, 5) is 0. The molecule has 35 heavy (non-hydrogen) atoms. The molecule has 0 spiro atoms. The number of phenolic OH excluding ortho intramolecular Hbond substituents is 2. The minimum Gasteiger partial charge on any atom is -0.507 e. The van der Waals surface area contributed by atoms with Crippen LogP contribution in [0, 0.1) is 13.8 Å². The highest BCUT2D eigenvalue weighted by Gasteiger charge is 2.28. The monoisotopic (exact) mass is 468 g/mol. The first-order chi connectivity index (χ1) is 17.0. The van der Waals surface area contributed by atoms with Gasteiger partial charge in [-0.15, -0.1) is 0 Å². The average molecular weight is 469 g/mol. The van der Waals surface area contributed by atoms with Crippen molar-refractivity contribution in [1.29, 1.82) is 0 Å². The van der Waals surface area contributed by atoms with Crippen LogP contribution in [0.5, 0.6) is 11.5 Å². The first-order valence-electron chi connectivity index (χ1n) is 13.7. The number of hydrogen-bond acceptors (Lipinski definition) is 2. The van der Waals surface area contributed by atoms with Crippen molar-refractivity contribution in [2.24, 2.45) is 0 Å². The molecule has 2 saturated carbocycles. The zero-order chi connectivity index (χ0) is 24.4. The number of phenols is 2. The van der Waals surface area contributed by atoms with E-state index >= 15 is 0 Å². The Bertz CT molecular complexity index is 1080. The molecule has 2 aliphatic rings. The lowest BCUT2D eigenvalue weighted by Gasteiger charge is -2.28. The SMILES string of the molecule is Cc1cc(C2CCCCC2)cc(C(c2ccccc2)c2cc(C3CCCCC3)cc(C)c2O)c1O. The zero-order valence-corrected chi connectivity index (χ0v) is 21.4. The molecule has 3 aromatic rings. The fraction of sp³-hybridized carbons (Fsp3) is 0.455. The van der Waals surface area contributed by atoms with Crippen LogP contribution in [0.2, 0.25) is 0 Å². The maximum absolute atomic E-state index is 11.4. The van der Waals surface area contributed by atoms with Crippen molar-refractivity contribution in [3.63, 3.8) is 0 Å². The summed E-state index contributed by atoms with van der Waals surface area (Å²) in [5.74, 6) is 1.63. The van der Waals surface area contributed by atoms with E-state index in [1.165, 1.54) is 75.3 Å². The van der Waals surface area contributed by atoms with E-state index in [0.717, 1.165) is 27.8 Å². The molecule has 0 radical (unpaired) electrons. The summed E-state index contributed by atoms with van der Waals surface area (Å²) in [7, 11) is 0. The van der Waals surface area contributed by atoms with Crippen LogP contribution in [0.15, 0.2) is 54.6 Å². The van der Waals surface area contributed by atoms with Gasteiger partial charge in [0.25, 0.3) is 0 Å². The maximum Gasteiger partial charge on any atom is 0.122 e. The van der Waals surface area contributed by atoms with Gasteiger partial charge >= 0.3 is 0 Å². The smallest absolute Gasteiger partial charge is 0.122 e. The van der Waals surface area contributed by atoms with E-state index in [2.05, 4.69) is 48.5 Å². The van der Waals surface area contributed by atoms with Crippen molar-refractivity contribution in [1.82, 2.24) is 0 Å². The summed E-state index contributed by atoms with van der Waals surface area (Å²) in [6.07, 6.45) is 12.7. The van der Waals surface area contributed by atoms with Crippen LogP contribution in [-0.4, -0.2) is 10.2 Å². The van der Waals surface area contributed by atoms with Crippen LogP contribution < -0.4 is 0 Å². The standard InChI is InChI=1S/C33H40O2/c1-22-18-27(24-12-6-3-7-13-24)20-29(32(22)34)31(26-16-10-5-11-17-26)30-21-28(19-23(2)33(30)35)25-14-8-4-9-15-25/h5,10-11,16-21,24-25,31,34-35H,3-4,6-9,12-15H2,1-2H3. The molecule has 184 valence electrons. The van der Waals surface area contributed by atoms with Crippen molar-refractivity contribution >= 4 is 0 Å². The van der Waals surface area contributed by atoms with Gasteiger partial charge in [-0.05, 0) is 79.2 Å². The zero-order valence-electron chi connectivity index (χ0n) is 21.4. The number of rotatable bonds is 5. The third-order valence-electron chi connectivity index (χ3n) is 8.61. The van der Waals surface area contributed by atoms with Crippen molar-refractivity contribution < 1.29 is 10.2 Å². The summed E-state index contributed by atoms with van der Waals surface area (Å²) >= 11 is 0. The van der Waals surface area contributed by atoms with Gasteiger partial charge in [-0.3, -0.25) is 0 Å². The fourth-order valence-electron chi connectivity index (χ4n) is 6.63. The predicted molar refractivity (Wildman–Crippen MR) is 145 cm³/mol. The molecule has 3 aromatic carbocycles. The van der Waals surface area contributed by atoms with E-state index in [9.17, 15) is 10.2 Å². The molecule has 2 nitrogen and oxygen atoms in total. The Hall–Kier alpha value is -2.74. The molecule has 0 heterocycles. The molecule has 0 bridgehead atoms. The summed E-state index contributed by atoms with van der Waals surface area (Å²) < 4.78 is 0. The van der Waals surface area contributed by atoms with Crippen LogP contribution in [0.3, 0.4) is 0 Å². The number of aromatic hydroxyl groups is 2. The molecule has 0 saturated heterocycles. The molecular weight excluding hydrogens is 428 g/mol. The van der Waals surface area contributed by atoms with E-state index < -0.39 is 0 Å². The van der Waals surface area contributed by atoms with Crippen LogP contribution in [-0.2, 0) is 0 Å². The highest BCUT2D eigenvalue weighted by molar-refractivity contribution is 5.58. The van der Waals surface area contributed by atoms with E-state index in [1.54, 1.807) is 0 Å². The summed E-state index contributed by atoms with van der Waals surface area (Å²) in [6, 6.07) is 19.3. The second-order valence-corrected chi connectivity index (χ2v) is 11.1. The highest BCUT2D eigenvalue weighted by atomic mass is 16.3. The number of hydrogen-bond donors (Lipinski definition) is 2. The van der Waals surface area contributed by atoms with Crippen LogP contribution in [0.1, 0.15) is 121 Å². The van der Waals surface area contributed by atoms with Crippen molar-refractivity contribution in [3.05, 3.63) is 93.5 Å². The van der Waals surface area contributed by atoms with Crippen LogP contribution in [0.25, 0.3) is 0 Å². The largest absolute Gasteiger partial charge is 0.507 e. The van der Waals surface area contributed by atoms with Gasteiger partial charge in [0.2, 0.25) is 0 Å². The van der Waals surface area contributed by atoms with Crippen LogP contribution >= 0.6 is 0 Å². The first kappa shape index (κ1) is 24.0. The van der Waals surface area contributed by atoms with Gasteiger partial charge in [0.15, 0.2) is 0 Å². The summed E-state index contributed by atoms with van der Waals surface area (Å²) in [5, 5.41) is 22.8. The summed E-state index contributed by atoms with van der Waals surface area (Å²) in [5.41, 5.74) is 7.51. The second kappa shape index (κ2) is 10.5. The van der Waals surface area contributed by atoms with Gasteiger partial charge in [0.1, 0.15) is 11.5 Å². The van der Waals surface area contributed by atoms with Gasteiger partial charge in [-0.25, -0.2) is 0 Å². The van der Waals surface area contributed by atoms with E-state index in [4.69, 9.17) is 0 Å². The molecule has 0 unspecified atom stereocenters. The van der Waals surface area contributed by atoms with Gasteiger partial charge < -0.3 is 10.2 Å². The second-order valence-electron chi connectivity index (χ2n) is 11.1. The first-order valence-corrected chi connectivity index (χ1v) is 13.7. The average Bonchev–Trinajstić information content (AvgIpc) is 2.90. The third-order valence-corrected chi connectivity index (χ3v) is 8.61. The topological polar surface area (TPSA) is 40.5 Å². The van der Waals surface area contributed by atoms with E-state index in [-0.39, 0.29) is 5.92 Å². The lowest BCUT2D eigenvalue weighted by atomic mass is 9.77. The normalized spacial score (nSPS) is 17.7. The highest BCUT2D eigenvalue weighted by Crippen LogP contribution is 2.46. The lowest BCUT2D eigenvalue weighted by Crippen LogP contribution is -2.11. The van der Waals surface area contributed by atoms with Gasteiger partial charge in [-0.2, -0.15) is 0 Å². The Morgan fingerprint density at radius 1 is 0.600 bits per heavy atom. The maximum atomic E-state index is 11.4. The Morgan fingerprint density at radius 3 is 1.46 bits per heavy atom. The molecule has 2 aliphatic carbocycles. The molecule has 0 amide bonds. The number of aryl methyl sites for hydroxylation is 2. The van der Waals surface area contributed by atoms with Gasteiger partial charge in [0, 0.05) is 17.0 Å². The minimum absolute atomic E-state index is 0.208. The van der Waals surface area contributed by atoms with Crippen molar-refractivity contribution in [2.45, 2.75) is 95.8 Å². The minimum atomic E-state index is -0.208. The molecular formula is C33H40O2. The Labute approximate surface area is 211 Å². The van der Waals surface area contributed by atoms with Gasteiger partial charge in [0.05, 0.1) is 0 Å². The molecule has 0 atom stereocenters. The third kappa shape index (κ3) is 4.99. The Kier molecular flexibility index (Phi) is 7.18. The Morgan fingerprint density at radius 2 is 1.03 bits per heavy atom. The lowest BCUT2D eigenvalue weighted by molar-refractivity contribution is 0.436. The molecule has 0 aromatic heterocycles.